The Morgan fingerprint density at radius 1 is 0.966 bits per heavy atom. The molecule has 4 heteroatoms. The van der Waals surface area contributed by atoms with E-state index < -0.39 is 0 Å². The summed E-state index contributed by atoms with van der Waals surface area (Å²) in [6, 6.07) is 19.4. The normalized spacial score (nSPS) is 15.2. The van der Waals surface area contributed by atoms with E-state index in [4.69, 9.17) is 4.42 Å². The van der Waals surface area contributed by atoms with E-state index in [1.807, 2.05) is 74.5 Å². The summed E-state index contributed by atoms with van der Waals surface area (Å²) in [4.78, 5) is 25.8. The molecule has 3 aromatic rings. The lowest BCUT2D eigenvalue weighted by Crippen LogP contribution is -2.29. The molecule has 0 spiro atoms. The summed E-state index contributed by atoms with van der Waals surface area (Å²) in [6.07, 6.45) is 1.13. The van der Waals surface area contributed by atoms with Crippen LogP contribution in [0.3, 0.4) is 0 Å². The van der Waals surface area contributed by atoms with Crippen LogP contribution in [0.4, 0.5) is 0 Å². The average molecular weight is 387 g/mol. The van der Waals surface area contributed by atoms with Crippen molar-refractivity contribution in [2.24, 2.45) is 5.41 Å². The second-order valence-corrected chi connectivity index (χ2v) is 8.52. The van der Waals surface area contributed by atoms with Gasteiger partial charge in [0.1, 0.15) is 5.76 Å². The molecule has 0 aliphatic heterocycles. The van der Waals surface area contributed by atoms with E-state index in [0.29, 0.717) is 29.7 Å². The number of benzene rings is 2. The van der Waals surface area contributed by atoms with Crippen LogP contribution < -0.4 is 5.32 Å². The molecular weight excluding hydrogens is 362 g/mol. The molecule has 1 amide bonds. The first-order valence-electron chi connectivity index (χ1n) is 9.92. The molecule has 0 atom stereocenters. The Hall–Kier alpha value is -3.14. The largest absolute Gasteiger partial charge is 0.455 e. The molecule has 0 bridgehead atoms. The summed E-state index contributed by atoms with van der Waals surface area (Å²) in [7, 11) is 0. The van der Waals surface area contributed by atoms with Gasteiger partial charge in [0.15, 0.2) is 11.5 Å². The first-order chi connectivity index (χ1) is 13.9. The molecule has 2 aromatic carbocycles. The third-order valence-electron chi connectivity index (χ3n) is 5.52. The Bertz CT molecular complexity index is 1010. The molecule has 0 saturated heterocycles. The number of carbonyl (C=O) groups excluding carboxylic acids is 2. The van der Waals surface area contributed by atoms with E-state index in [1.54, 1.807) is 6.92 Å². The van der Waals surface area contributed by atoms with Crippen molar-refractivity contribution < 1.29 is 14.0 Å². The van der Waals surface area contributed by atoms with Crippen molar-refractivity contribution in [1.82, 2.24) is 5.32 Å². The summed E-state index contributed by atoms with van der Waals surface area (Å²) >= 11 is 0. The third-order valence-corrected chi connectivity index (χ3v) is 5.52. The van der Waals surface area contributed by atoms with Crippen LogP contribution in [-0.4, -0.2) is 11.7 Å². The third kappa shape index (κ3) is 3.75. The van der Waals surface area contributed by atoms with Crippen LogP contribution in [0.1, 0.15) is 69.7 Å². The van der Waals surface area contributed by atoms with Crippen LogP contribution in [0, 0.1) is 12.3 Å². The molecule has 0 radical (unpaired) electrons. The highest BCUT2D eigenvalue weighted by atomic mass is 16.4. The van der Waals surface area contributed by atoms with Gasteiger partial charge >= 0.3 is 0 Å². The number of amides is 1. The molecule has 1 aliphatic rings. The van der Waals surface area contributed by atoms with Crippen molar-refractivity contribution >= 4 is 11.7 Å². The van der Waals surface area contributed by atoms with Crippen LogP contribution in [0.2, 0.25) is 0 Å². The number of carbonyl (C=O) groups is 2. The van der Waals surface area contributed by atoms with Gasteiger partial charge in [-0.2, -0.15) is 0 Å². The first kappa shape index (κ1) is 19.2. The predicted octanol–water partition coefficient (Wildman–Crippen LogP) is 5.26. The molecule has 148 valence electrons. The summed E-state index contributed by atoms with van der Waals surface area (Å²) in [6.45, 7) is 5.89. The quantitative estimate of drug-likeness (QED) is 0.664. The lowest BCUT2D eigenvalue weighted by molar-refractivity contribution is 0.0885. The van der Waals surface area contributed by atoms with Crippen LogP contribution in [0.5, 0.6) is 0 Å². The SMILES string of the molecule is Cc1c(C(=O)NC(c2ccccc2)c2ccccc2)oc2c1C(=O)CC(C)(C)C2. The molecule has 0 fully saturated rings. The Labute approximate surface area is 170 Å². The van der Waals surface area contributed by atoms with Gasteiger partial charge in [0.2, 0.25) is 0 Å². The Balaban J connectivity index is 1.69. The maximum Gasteiger partial charge on any atom is 0.288 e. The number of hydrogen-bond donors (Lipinski definition) is 1. The van der Waals surface area contributed by atoms with Crippen molar-refractivity contribution in [3.63, 3.8) is 0 Å². The smallest absolute Gasteiger partial charge is 0.288 e. The van der Waals surface area contributed by atoms with Gasteiger partial charge in [-0.15, -0.1) is 0 Å². The Kier molecular flexibility index (Phi) is 4.87. The summed E-state index contributed by atoms with van der Waals surface area (Å²) in [5, 5.41) is 3.11. The maximum absolute atomic E-state index is 13.2. The number of nitrogens with one attached hydrogen (secondary N) is 1. The molecule has 29 heavy (non-hydrogen) atoms. The second-order valence-electron chi connectivity index (χ2n) is 8.52. The molecular formula is C25H25NO3. The minimum Gasteiger partial charge on any atom is -0.455 e. The number of rotatable bonds is 4. The van der Waals surface area contributed by atoms with Crippen molar-refractivity contribution in [2.45, 2.75) is 39.7 Å². The van der Waals surface area contributed by atoms with Gasteiger partial charge in [-0.25, -0.2) is 0 Å². The highest BCUT2D eigenvalue weighted by Crippen LogP contribution is 2.38. The fourth-order valence-electron chi connectivity index (χ4n) is 4.15. The van der Waals surface area contributed by atoms with Gasteiger partial charge < -0.3 is 9.73 Å². The highest BCUT2D eigenvalue weighted by Gasteiger charge is 2.37. The highest BCUT2D eigenvalue weighted by molar-refractivity contribution is 6.03. The molecule has 1 aromatic heterocycles. The minimum atomic E-state index is -0.307. The van der Waals surface area contributed by atoms with E-state index in [2.05, 4.69) is 5.32 Å². The molecule has 1 heterocycles. The van der Waals surface area contributed by atoms with E-state index >= 15 is 0 Å². The van der Waals surface area contributed by atoms with E-state index in [0.717, 1.165) is 11.1 Å². The molecule has 4 rings (SSSR count). The second kappa shape index (κ2) is 7.36. The van der Waals surface area contributed by atoms with Crippen LogP contribution in [0.25, 0.3) is 0 Å². The van der Waals surface area contributed by atoms with Crippen LogP contribution >= 0.6 is 0 Å². The summed E-state index contributed by atoms with van der Waals surface area (Å²) < 4.78 is 5.94. The number of fused-ring (bicyclic) bond motifs is 1. The number of hydrogen-bond acceptors (Lipinski definition) is 3. The van der Waals surface area contributed by atoms with Gasteiger partial charge in [-0.05, 0) is 23.5 Å². The average Bonchev–Trinajstić information content (AvgIpc) is 3.02. The van der Waals surface area contributed by atoms with Gasteiger partial charge in [0.25, 0.3) is 5.91 Å². The fraction of sp³-hybridized carbons (Fsp3) is 0.280. The monoisotopic (exact) mass is 387 g/mol. The molecule has 4 nitrogen and oxygen atoms in total. The van der Waals surface area contributed by atoms with Gasteiger partial charge in [0, 0.05) is 18.4 Å². The molecule has 0 unspecified atom stereocenters. The first-order valence-corrected chi connectivity index (χ1v) is 9.92. The zero-order valence-corrected chi connectivity index (χ0v) is 17.0. The van der Waals surface area contributed by atoms with Crippen LogP contribution in [0.15, 0.2) is 65.1 Å². The lowest BCUT2D eigenvalue weighted by atomic mass is 9.76. The Morgan fingerprint density at radius 3 is 2.07 bits per heavy atom. The standard InChI is InChI=1S/C25H25NO3/c1-16-21-19(27)14-25(2,3)15-20(21)29-23(16)24(28)26-22(17-10-6-4-7-11-17)18-12-8-5-9-13-18/h4-13,22H,14-15H2,1-3H3,(H,26,28). The maximum atomic E-state index is 13.2. The predicted molar refractivity (Wildman–Crippen MR) is 112 cm³/mol. The zero-order chi connectivity index (χ0) is 20.6. The number of ketones is 1. The summed E-state index contributed by atoms with van der Waals surface area (Å²) in [5.41, 5.74) is 3.04. The van der Waals surface area contributed by atoms with Crippen molar-refractivity contribution in [3.8, 4) is 0 Å². The van der Waals surface area contributed by atoms with Crippen molar-refractivity contribution in [1.29, 1.82) is 0 Å². The summed E-state index contributed by atoms with van der Waals surface area (Å²) in [5.74, 6) is 0.613. The van der Waals surface area contributed by atoms with E-state index in [1.165, 1.54) is 0 Å². The number of furan rings is 1. The lowest BCUT2D eigenvalue weighted by Gasteiger charge is -2.27. The van der Waals surface area contributed by atoms with Gasteiger partial charge in [-0.3, -0.25) is 9.59 Å². The molecule has 1 aliphatic carbocycles. The molecule has 1 N–H and O–H groups in total. The minimum absolute atomic E-state index is 0.0548. The van der Waals surface area contributed by atoms with E-state index in [-0.39, 0.29) is 28.9 Å². The van der Waals surface area contributed by atoms with E-state index in [9.17, 15) is 9.59 Å². The van der Waals surface area contributed by atoms with Crippen LogP contribution in [-0.2, 0) is 6.42 Å². The topological polar surface area (TPSA) is 59.3 Å². The number of Topliss-reactive ketones (excluding diaryl/α,β-unsaturated/α-hetero) is 1. The fourth-order valence-corrected chi connectivity index (χ4v) is 4.15. The molecule has 0 saturated carbocycles. The van der Waals surface area contributed by atoms with Crippen molar-refractivity contribution in [3.05, 3.63) is 94.4 Å². The Morgan fingerprint density at radius 2 is 1.52 bits per heavy atom. The zero-order valence-electron chi connectivity index (χ0n) is 17.0. The van der Waals surface area contributed by atoms with Crippen molar-refractivity contribution in [2.75, 3.05) is 0 Å². The van der Waals surface area contributed by atoms with Gasteiger partial charge in [0.05, 0.1) is 11.6 Å². The van der Waals surface area contributed by atoms with Gasteiger partial charge in [-0.1, -0.05) is 74.5 Å².